The van der Waals surface area contributed by atoms with E-state index in [0.717, 1.165) is 19.0 Å². The Hall–Kier alpha value is -4.52. The number of hydrogen-bond donors (Lipinski definition) is 0. The first-order valence-corrected chi connectivity index (χ1v) is 25.0. The molecule has 8 aromatic carbocycles. The van der Waals surface area contributed by atoms with Gasteiger partial charge < -0.3 is 0 Å². The molecule has 8 aromatic rings. The minimum absolute atomic E-state index is 0.192. The molecule has 0 aromatic heterocycles. The van der Waals surface area contributed by atoms with Crippen molar-refractivity contribution in [1.82, 2.24) is 0 Å². The Morgan fingerprint density at radius 1 is 0.250 bits per heavy atom. The van der Waals surface area contributed by atoms with E-state index in [4.69, 9.17) is 0 Å². The van der Waals surface area contributed by atoms with Crippen molar-refractivity contribution < 1.29 is 0 Å². The molecule has 0 atom stereocenters. The number of rotatable bonds is 15. The Labute approximate surface area is 338 Å². The third-order valence-electron chi connectivity index (χ3n) is 10.2. The van der Waals surface area contributed by atoms with E-state index in [1.54, 1.807) is 0 Å². The van der Waals surface area contributed by atoms with E-state index in [0.29, 0.717) is 0 Å². The lowest BCUT2D eigenvalue weighted by atomic mass is 10.3. The molecule has 0 unspecified atom stereocenters. The highest BCUT2D eigenvalue weighted by Crippen LogP contribution is 2.79. The third kappa shape index (κ3) is 8.57. The average molecular weight is 795 g/mol. The molecule has 274 valence electrons. The van der Waals surface area contributed by atoms with Gasteiger partial charge in [0.05, 0.1) is 4.64 Å². The molecule has 56 heavy (non-hydrogen) atoms. The van der Waals surface area contributed by atoms with Crippen LogP contribution in [0, 0.1) is 0 Å². The van der Waals surface area contributed by atoms with Gasteiger partial charge in [-0.15, -0.1) is 0 Å². The van der Waals surface area contributed by atoms with Gasteiger partial charge >= 0.3 is 0 Å². The first-order chi connectivity index (χ1) is 27.8. The molecule has 0 saturated carbocycles. The molecule has 0 aliphatic carbocycles. The van der Waals surface area contributed by atoms with Crippen LogP contribution in [0.2, 0.25) is 0 Å². The predicted molar refractivity (Wildman–Crippen MR) is 253 cm³/mol. The highest BCUT2D eigenvalue weighted by Gasteiger charge is 2.54. The van der Waals surface area contributed by atoms with Crippen molar-refractivity contribution in [1.29, 1.82) is 0 Å². The van der Waals surface area contributed by atoms with Crippen LogP contribution in [0.3, 0.4) is 0 Å². The second-order valence-electron chi connectivity index (χ2n) is 13.7. The molecule has 0 nitrogen and oxygen atoms in total. The Kier molecular flexibility index (Phi) is 13.1. The quantitative estimate of drug-likeness (QED) is 0.0907. The summed E-state index contributed by atoms with van der Waals surface area (Å²) < 4.78 is -0.192. The average Bonchev–Trinajstić information content (AvgIpc) is 3.28. The van der Waals surface area contributed by atoms with Gasteiger partial charge in [0.2, 0.25) is 0 Å². The lowest BCUT2D eigenvalue weighted by Gasteiger charge is -2.53. The summed E-state index contributed by atoms with van der Waals surface area (Å²) in [6.45, 7) is 0. The van der Waals surface area contributed by atoms with Crippen LogP contribution in [-0.2, 0) is 0 Å². The Bertz CT molecular complexity index is 1970. The molecule has 0 fully saturated rings. The van der Waals surface area contributed by atoms with Crippen molar-refractivity contribution >= 4 is 74.1 Å². The lowest BCUT2D eigenvalue weighted by Crippen LogP contribution is -2.42. The van der Waals surface area contributed by atoms with Crippen molar-refractivity contribution in [3.8, 4) is 0 Å². The van der Waals surface area contributed by atoms with Crippen molar-refractivity contribution in [3.63, 3.8) is 0 Å². The predicted octanol–water partition coefficient (Wildman–Crippen LogP) is 11.0. The van der Waals surface area contributed by atoms with Gasteiger partial charge in [0.25, 0.3) is 0 Å². The summed E-state index contributed by atoms with van der Waals surface area (Å²) in [4.78, 5) is 0. The summed E-state index contributed by atoms with van der Waals surface area (Å²) in [5.74, 6) is 0. The Morgan fingerprint density at radius 3 is 0.661 bits per heavy atom. The van der Waals surface area contributed by atoms with Gasteiger partial charge in [-0.3, -0.25) is 0 Å². The normalized spacial score (nSPS) is 11.7. The molecule has 0 heterocycles. The lowest BCUT2D eigenvalue weighted by molar-refractivity contribution is 0.836. The zero-order valence-corrected chi connectivity index (χ0v) is 35.1. The van der Waals surface area contributed by atoms with Gasteiger partial charge in [0.15, 0.2) is 0 Å². The zero-order chi connectivity index (χ0) is 37.8. The maximum atomic E-state index is 2.43. The first-order valence-electron chi connectivity index (χ1n) is 19.4. The fourth-order valence-corrected chi connectivity index (χ4v) is 24.1. The topological polar surface area (TPSA) is 0 Å². The fourth-order valence-electron chi connectivity index (χ4n) is 7.88. The van der Waals surface area contributed by atoms with Crippen LogP contribution in [-0.4, -0.2) is 10.8 Å². The second-order valence-corrected chi connectivity index (χ2v) is 24.5. The summed E-state index contributed by atoms with van der Waals surface area (Å²) in [6, 6.07) is 92.1. The molecule has 0 amide bonds. The van der Waals surface area contributed by atoms with Crippen molar-refractivity contribution in [3.05, 3.63) is 243 Å². The van der Waals surface area contributed by atoms with Crippen molar-refractivity contribution in [2.45, 2.75) is 17.5 Å². The molecule has 0 aliphatic heterocycles. The third-order valence-corrected chi connectivity index (χ3v) is 24.1. The summed E-state index contributed by atoms with van der Waals surface area (Å²) in [5.41, 5.74) is 0. The van der Waals surface area contributed by atoms with E-state index in [2.05, 4.69) is 243 Å². The van der Waals surface area contributed by atoms with Crippen molar-refractivity contribution in [2.75, 3.05) is 6.16 Å². The molecule has 0 aliphatic rings. The van der Waals surface area contributed by atoms with Gasteiger partial charge in [-0.05, 0) is 93.1 Å². The van der Waals surface area contributed by atoms with Crippen LogP contribution in [0.15, 0.2) is 243 Å². The van der Waals surface area contributed by atoms with Crippen LogP contribution in [0.1, 0.15) is 12.8 Å². The van der Waals surface area contributed by atoms with Crippen LogP contribution in [0.25, 0.3) is 0 Å². The largest absolute Gasteiger partial charge is 0.0622 e. The van der Waals surface area contributed by atoms with Gasteiger partial charge in [-0.1, -0.05) is 243 Å². The summed E-state index contributed by atoms with van der Waals surface area (Å²) >= 11 is 0. The molecule has 0 bridgehead atoms. The van der Waals surface area contributed by atoms with Gasteiger partial charge in [0, 0.05) is 0 Å². The smallest absolute Gasteiger partial charge is 0.0546 e. The maximum absolute atomic E-state index is 2.43. The zero-order valence-electron chi connectivity index (χ0n) is 31.5. The first kappa shape index (κ1) is 38.4. The van der Waals surface area contributed by atoms with Crippen LogP contribution in [0.5, 0.6) is 0 Å². The van der Waals surface area contributed by atoms with Crippen LogP contribution in [0.4, 0.5) is 0 Å². The molecular weight excluding hydrogens is 748 g/mol. The minimum atomic E-state index is -0.946. The summed E-state index contributed by atoms with van der Waals surface area (Å²) in [6.07, 6.45) is 3.30. The van der Waals surface area contributed by atoms with E-state index < -0.39 is 31.7 Å². The van der Waals surface area contributed by atoms with E-state index >= 15 is 0 Å². The second kappa shape index (κ2) is 19.1. The van der Waals surface area contributed by atoms with E-state index in [-0.39, 0.29) is 4.64 Å². The van der Waals surface area contributed by atoms with Gasteiger partial charge in [0.1, 0.15) is 0 Å². The molecule has 4 heteroatoms. The molecule has 0 saturated heterocycles. The van der Waals surface area contributed by atoms with E-state index in [9.17, 15) is 0 Å². The highest BCUT2D eigenvalue weighted by molar-refractivity contribution is 8.05. The van der Waals surface area contributed by atoms with Crippen LogP contribution >= 0.6 is 31.7 Å². The standard InChI is InChI=1S/C52H46P4/c1-9-26-44(27-10-1)53(45-28-11-2-12-29-45)43-25-42-52(54(46-30-13-3-14-31-46)47-32-15-4-16-33-47,55(48-34-17-5-18-35-48)49-36-19-6-20-37-49)56(50-38-21-7-22-39-50)51-40-23-8-24-41-51/h1-24,26-41H,25,42-43H2. The van der Waals surface area contributed by atoms with E-state index in [1.165, 1.54) is 42.4 Å². The SMILES string of the molecule is c1ccc(P(CCCC(P(c2ccccc2)c2ccccc2)(P(c2ccccc2)c2ccccc2)P(c2ccccc2)c2ccccc2)c2ccccc2)cc1. The molecular formula is C52H46P4. The van der Waals surface area contributed by atoms with Gasteiger partial charge in [-0.2, -0.15) is 0 Å². The molecule has 0 N–H and O–H groups in total. The monoisotopic (exact) mass is 794 g/mol. The maximum Gasteiger partial charge on any atom is 0.0546 e. The number of benzene rings is 8. The molecule has 0 spiro atoms. The Balaban J connectivity index is 1.45. The van der Waals surface area contributed by atoms with Gasteiger partial charge in [-0.25, -0.2) is 0 Å². The van der Waals surface area contributed by atoms with E-state index in [1.807, 2.05) is 0 Å². The summed E-state index contributed by atoms with van der Waals surface area (Å²) in [7, 11) is -3.40. The Morgan fingerprint density at radius 2 is 0.446 bits per heavy atom. The molecule has 8 rings (SSSR count). The number of hydrogen-bond acceptors (Lipinski definition) is 0. The highest BCUT2D eigenvalue weighted by atomic mass is 31.2. The fraction of sp³-hybridized carbons (Fsp3) is 0.0769. The van der Waals surface area contributed by atoms with Crippen LogP contribution < -0.4 is 42.4 Å². The molecule has 0 radical (unpaired) electrons. The van der Waals surface area contributed by atoms with Crippen molar-refractivity contribution in [2.24, 2.45) is 0 Å². The minimum Gasteiger partial charge on any atom is -0.0622 e. The summed E-state index contributed by atoms with van der Waals surface area (Å²) in [5, 5.41) is 11.6.